The van der Waals surface area contributed by atoms with E-state index in [2.05, 4.69) is 10.1 Å². The Balaban J connectivity index is 1.77. The molecule has 0 aliphatic heterocycles. The second kappa shape index (κ2) is 6.32. The van der Waals surface area contributed by atoms with Gasteiger partial charge in [0.1, 0.15) is 5.82 Å². The van der Waals surface area contributed by atoms with Gasteiger partial charge in [0, 0.05) is 29.9 Å². The number of hydrogen-bond donors (Lipinski definition) is 0. The summed E-state index contributed by atoms with van der Waals surface area (Å²) in [5.74, 6) is 0.250. The fraction of sp³-hybridized carbons (Fsp3) is 0.286. The van der Waals surface area contributed by atoms with Gasteiger partial charge in [-0.15, -0.1) is 0 Å². The van der Waals surface area contributed by atoms with Gasteiger partial charge in [0.2, 0.25) is 0 Å². The Labute approximate surface area is 135 Å². The maximum Gasteiger partial charge on any atom is 0.319 e. The highest BCUT2D eigenvalue weighted by Crippen LogP contribution is 2.21. The van der Waals surface area contributed by atoms with Crippen LogP contribution in [0.4, 0.5) is 14.5 Å². The minimum Gasteiger partial charge on any atom is -0.280 e. The van der Waals surface area contributed by atoms with Gasteiger partial charge in [0.25, 0.3) is 5.69 Å². The van der Waals surface area contributed by atoms with Crippen LogP contribution in [0.15, 0.2) is 36.8 Å². The van der Waals surface area contributed by atoms with Crippen molar-refractivity contribution in [2.45, 2.75) is 19.8 Å². The molecule has 1 aromatic carbocycles. The SMILES string of the molecule is CN(Cc1nccn1C(F)F)Cn1ncc2cc([N+](=O)[O-])ccc21. The fourth-order valence-electron chi connectivity index (χ4n) is 2.46. The molecule has 126 valence electrons. The second-order valence-corrected chi connectivity index (χ2v) is 5.33. The minimum atomic E-state index is -2.64. The summed E-state index contributed by atoms with van der Waals surface area (Å²) < 4.78 is 28.1. The Morgan fingerprint density at radius 1 is 1.42 bits per heavy atom. The van der Waals surface area contributed by atoms with Crippen molar-refractivity contribution in [3.8, 4) is 0 Å². The molecular formula is C14H14F2N6O2. The van der Waals surface area contributed by atoms with Crippen molar-refractivity contribution in [2.24, 2.45) is 0 Å². The summed E-state index contributed by atoms with van der Waals surface area (Å²) >= 11 is 0. The zero-order valence-electron chi connectivity index (χ0n) is 12.7. The lowest BCUT2D eigenvalue weighted by molar-refractivity contribution is -0.384. The molecule has 10 heteroatoms. The maximum atomic E-state index is 12.8. The first kappa shape index (κ1) is 16.0. The first-order chi connectivity index (χ1) is 11.5. The molecule has 0 saturated heterocycles. The van der Waals surface area contributed by atoms with Crippen LogP contribution < -0.4 is 0 Å². The summed E-state index contributed by atoms with van der Waals surface area (Å²) in [6.07, 6.45) is 4.10. The van der Waals surface area contributed by atoms with Crippen LogP contribution >= 0.6 is 0 Å². The van der Waals surface area contributed by atoms with Gasteiger partial charge in [-0.3, -0.25) is 24.3 Å². The molecule has 2 heterocycles. The number of aromatic nitrogens is 4. The molecule has 0 unspecified atom stereocenters. The number of halogens is 2. The number of nitro groups is 1. The Bertz CT molecular complexity index is 875. The van der Waals surface area contributed by atoms with E-state index in [1.165, 1.54) is 30.7 Å². The maximum absolute atomic E-state index is 12.8. The Hall–Kier alpha value is -2.88. The highest BCUT2D eigenvalue weighted by atomic mass is 19.3. The van der Waals surface area contributed by atoms with Crippen LogP contribution in [0.2, 0.25) is 0 Å². The van der Waals surface area contributed by atoms with Crippen molar-refractivity contribution in [3.05, 3.63) is 52.7 Å². The van der Waals surface area contributed by atoms with Crippen molar-refractivity contribution in [1.29, 1.82) is 0 Å². The van der Waals surface area contributed by atoms with Gasteiger partial charge in [-0.2, -0.15) is 13.9 Å². The van der Waals surface area contributed by atoms with Crippen LogP contribution in [0, 0.1) is 10.1 Å². The molecule has 0 aliphatic rings. The third kappa shape index (κ3) is 3.08. The summed E-state index contributed by atoms with van der Waals surface area (Å²) in [7, 11) is 1.75. The lowest BCUT2D eigenvalue weighted by atomic mass is 10.2. The van der Waals surface area contributed by atoms with Crippen molar-refractivity contribution < 1.29 is 13.7 Å². The monoisotopic (exact) mass is 336 g/mol. The Kier molecular flexibility index (Phi) is 4.21. The van der Waals surface area contributed by atoms with E-state index in [-0.39, 0.29) is 18.1 Å². The zero-order valence-corrected chi connectivity index (χ0v) is 12.7. The molecule has 24 heavy (non-hydrogen) atoms. The highest BCUT2D eigenvalue weighted by Gasteiger charge is 2.15. The van der Waals surface area contributed by atoms with Crippen molar-refractivity contribution in [2.75, 3.05) is 7.05 Å². The number of imidazole rings is 1. The smallest absolute Gasteiger partial charge is 0.280 e. The predicted octanol–water partition coefficient (Wildman–Crippen LogP) is 2.63. The molecule has 2 aromatic heterocycles. The lowest BCUT2D eigenvalue weighted by Gasteiger charge is -2.17. The predicted molar refractivity (Wildman–Crippen MR) is 81.3 cm³/mol. The van der Waals surface area contributed by atoms with Gasteiger partial charge in [0.15, 0.2) is 0 Å². The molecular weight excluding hydrogens is 322 g/mol. The van der Waals surface area contributed by atoms with Crippen molar-refractivity contribution in [1.82, 2.24) is 24.2 Å². The zero-order chi connectivity index (χ0) is 17.3. The largest absolute Gasteiger partial charge is 0.319 e. The van der Waals surface area contributed by atoms with Crippen LogP contribution in [0.25, 0.3) is 10.9 Å². The summed E-state index contributed by atoms with van der Waals surface area (Å²) in [6, 6.07) is 4.47. The first-order valence-corrected chi connectivity index (χ1v) is 7.04. The number of nitrogens with zero attached hydrogens (tertiary/aromatic N) is 6. The number of rotatable bonds is 6. The molecule has 0 N–H and O–H groups in total. The van der Waals surface area contributed by atoms with Crippen LogP contribution in [-0.2, 0) is 13.2 Å². The van der Waals surface area contributed by atoms with E-state index in [0.29, 0.717) is 12.1 Å². The summed E-state index contributed by atoms with van der Waals surface area (Å²) in [6.45, 7) is -2.09. The number of benzene rings is 1. The average Bonchev–Trinajstić information content (AvgIpc) is 3.14. The quantitative estimate of drug-likeness (QED) is 0.510. The third-order valence-corrected chi connectivity index (χ3v) is 3.58. The van der Waals surface area contributed by atoms with Gasteiger partial charge in [-0.1, -0.05) is 0 Å². The first-order valence-electron chi connectivity index (χ1n) is 7.04. The highest BCUT2D eigenvalue weighted by molar-refractivity contribution is 5.81. The van der Waals surface area contributed by atoms with E-state index < -0.39 is 11.5 Å². The van der Waals surface area contributed by atoms with E-state index in [0.717, 1.165) is 10.1 Å². The van der Waals surface area contributed by atoms with Crippen molar-refractivity contribution >= 4 is 16.6 Å². The topological polar surface area (TPSA) is 82.0 Å². The number of nitro benzene ring substituents is 1. The molecule has 0 saturated carbocycles. The summed E-state index contributed by atoms with van der Waals surface area (Å²) in [5, 5.41) is 15.6. The van der Waals surface area contributed by atoms with Gasteiger partial charge in [0.05, 0.1) is 29.9 Å². The minimum absolute atomic E-state index is 0.00522. The van der Waals surface area contributed by atoms with Crippen molar-refractivity contribution in [3.63, 3.8) is 0 Å². The number of fused-ring (bicyclic) bond motifs is 1. The standard InChI is InChI=1S/C14H14F2N6O2/c1-19(8-13-17-4-5-20(13)14(15)16)9-21-12-3-2-11(22(23)24)6-10(12)7-18-21/h2-7,14H,8-9H2,1H3. The molecule has 0 spiro atoms. The van der Waals surface area contributed by atoms with Gasteiger partial charge in [-0.05, 0) is 13.1 Å². The van der Waals surface area contributed by atoms with Crippen LogP contribution in [0.1, 0.15) is 12.4 Å². The molecule has 0 radical (unpaired) electrons. The number of alkyl halides is 2. The second-order valence-electron chi connectivity index (χ2n) is 5.33. The van der Waals surface area contributed by atoms with Crippen LogP contribution in [-0.4, -0.2) is 36.2 Å². The van der Waals surface area contributed by atoms with Gasteiger partial charge >= 0.3 is 6.55 Å². The molecule has 0 atom stereocenters. The number of non-ortho nitro benzene ring substituents is 1. The fourth-order valence-corrected chi connectivity index (χ4v) is 2.46. The molecule has 0 aliphatic carbocycles. The molecule has 3 rings (SSSR count). The van der Waals surface area contributed by atoms with Crippen LogP contribution in [0.5, 0.6) is 0 Å². The third-order valence-electron chi connectivity index (χ3n) is 3.58. The lowest BCUT2D eigenvalue weighted by Crippen LogP contribution is -2.24. The van der Waals surface area contributed by atoms with E-state index in [9.17, 15) is 18.9 Å². The van der Waals surface area contributed by atoms with E-state index >= 15 is 0 Å². The van der Waals surface area contributed by atoms with Gasteiger partial charge in [-0.25, -0.2) is 4.98 Å². The summed E-state index contributed by atoms with van der Waals surface area (Å²) in [4.78, 5) is 16.0. The van der Waals surface area contributed by atoms with Gasteiger partial charge < -0.3 is 0 Å². The van der Waals surface area contributed by atoms with E-state index in [1.807, 2.05) is 0 Å². The van der Waals surface area contributed by atoms with E-state index in [1.54, 1.807) is 22.7 Å². The molecule has 3 aromatic rings. The Morgan fingerprint density at radius 2 is 2.21 bits per heavy atom. The number of hydrogen-bond acceptors (Lipinski definition) is 5. The average molecular weight is 336 g/mol. The Morgan fingerprint density at radius 3 is 2.92 bits per heavy atom. The molecule has 0 amide bonds. The molecule has 0 bridgehead atoms. The van der Waals surface area contributed by atoms with Crippen LogP contribution in [0.3, 0.4) is 0 Å². The summed E-state index contributed by atoms with van der Waals surface area (Å²) in [5.41, 5.74) is 0.721. The molecule has 8 nitrogen and oxygen atoms in total. The van der Waals surface area contributed by atoms with E-state index in [4.69, 9.17) is 0 Å². The normalized spacial score (nSPS) is 11.7. The molecule has 0 fully saturated rings.